The molecule has 2 aromatic rings. The predicted molar refractivity (Wildman–Crippen MR) is 105 cm³/mol. The van der Waals surface area contributed by atoms with Gasteiger partial charge in [-0.05, 0) is 52.9 Å². The van der Waals surface area contributed by atoms with Gasteiger partial charge >= 0.3 is 10.2 Å². The number of carbonyl (C=O) groups is 1. The normalized spacial score (nSPS) is 11.5. The fourth-order valence-electron chi connectivity index (χ4n) is 2.17. The lowest BCUT2D eigenvalue weighted by atomic mass is 10.2. The Labute approximate surface area is 168 Å². The number of hydrogen-bond acceptors (Lipinski definition) is 4. The second-order valence-corrected chi connectivity index (χ2v) is 8.17. The lowest BCUT2D eigenvalue weighted by molar-refractivity contribution is -0.108. The molecule has 11 heteroatoms. The Hall–Kier alpha value is -1.86. The third-order valence-electron chi connectivity index (χ3n) is 3.50. The lowest BCUT2D eigenvalue weighted by Crippen LogP contribution is -2.37. The summed E-state index contributed by atoms with van der Waals surface area (Å²) < 4.78 is 70.2. The molecule has 2 N–H and O–H groups in total. The second kappa shape index (κ2) is 8.89. The molecule has 0 saturated heterocycles. The van der Waals surface area contributed by atoms with Crippen LogP contribution in [0, 0.1) is 21.0 Å². The van der Waals surface area contributed by atoms with Crippen molar-refractivity contribution >= 4 is 56.1 Å². The van der Waals surface area contributed by atoms with Crippen LogP contribution in [0.1, 0.15) is 6.92 Å². The minimum Gasteiger partial charge on any atom is -0.349 e. The van der Waals surface area contributed by atoms with Crippen LogP contribution < -0.4 is 10.0 Å². The average Bonchev–Trinajstić information content (AvgIpc) is 2.60. The number of carbonyl (C=O) groups excluding carboxylic acids is 1. The highest BCUT2D eigenvalue weighted by Gasteiger charge is 2.23. The first kappa shape index (κ1) is 21.4. The smallest absolute Gasteiger partial charge is 0.302 e. The number of aldehydes is 1. The first-order chi connectivity index (χ1) is 12.7. The monoisotopic (exact) mass is 513 g/mol. The number of nitrogens with zero attached hydrogens (tertiary/aromatic N) is 1. The van der Waals surface area contributed by atoms with Crippen molar-refractivity contribution in [2.45, 2.75) is 6.92 Å². The summed E-state index contributed by atoms with van der Waals surface area (Å²) >= 11 is 1.88. The average molecular weight is 513 g/mol. The van der Waals surface area contributed by atoms with Gasteiger partial charge < -0.3 is 10.1 Å². The van der Waals surface area contributed by atoms with E-state index in [4.69, 9.17) is 0 Å². The molecule has 0 atom stereocenters. The highest BCUT2D eigenvalue weighted by atomic mass is 127. The minimum atomic E-state index is -4.22. The highest BCUT2D eigenvalue weighted by Crippen LogP contribution is 2.32. The molecule has 0 fully saturated rings. The van der Waals surface area contributed by atoms with Crippen LogP contribution in [-0.4, -0.2) is 32.1 Å². The van der Waals surface area contributed by atoms with Crippen molar-refractivity contribution in [3.05, 3.63) is 51.4 Å². The van der Waals surface area contributed by atoms with Crippen molar-refractivity contribution in [2.24, 2.45) is 0 Å². The molecule has 0 spiro atoms. The van der Waals surface area contributed by atoms with Gasteiger partial charge in [0.1, 0.15) is 17.8 Å². The van der Waals surface area contributed by atoms with Gasteiger partial charge in [-0.1, -0.05) is 6.92 Å². The first-order valence-corrected chi connectivity index (χ1v) is 10.1. The van der Waals surface area contributed by atoms with Crippen molar-refractivity contribution in [3.63, 3.8) is 0 Å². The fraction of sp³-hybridized carbons (Fsp3) is 0.188. The largest absolute Gasteiger partial charge is 0.349 e. The zero-order valence-electron chi connectivity index (χ0n) is 14.0. The number of benzene rings is 2. The summed E-state index contributed by atoms with van der Waals surface area (Å²) in [6.07, 6.45) is 0.397. The van der Waals surface area contributed by atoms with Crippen molar-refractivity contribution in [3.8, 4) is 0 Å². The number of hydrogen-bond donors (Lipinski definition) is 2. The van der Waals surface area contributed by atoms with E-state index in [2.05, 4.69) is 10.0 Å². The van der Waals surface area contributed by atoms with Crippen molar-refractivity contribution < 1.29 is 26.4 Å². The first-order valence-electron chi connectivity index (χ1n) is 7.61. The summed E-state index contributed by atoms with van der Waals surface area (Å²) in [5.41, 5.74) is -1.09. The Morgan fingerprint density at radius 3 is 2.37 bits per heavy atom. The molecule has 0 heterocycles. The van der Waals surface area contributed by atoms with E-state index in [9.17, 15) is 26.4 Å². The van der Waals surface area contributed by atoms with E-state index in [1.807, 2.05) is 22.6 Å². The van der Waals surface area contributed by atoms with Crippen LogP contribution in [0.3, 0.4) is 0 Å². The van der Waals surface area contributed by atoms with E-state index in [1.165, 1.54) is 25.1 Å². The standard InChI is InChI=1S/C16H15F3IN3O3S/c1-2-23(7-8-24)27(25,26)22-14-6-4-11(17)15(19)16(14)21-13-5-3-10(20)9-12(13)18/h3-6,8-9,21-22H,2,7H2,1H3. The molecule has 0 aliphatic rings. The van der Waals surface area contributed by atoms with E-state index < -0.39 is 39.9 Å². The Balaban J connectivity index is 2.46. The van der Waals surface area contributed by atoms with E-state index >= 15 is 0 Å². The molecule has 0 amide bonds. The Morgan fingerprint density at radius 1 is 1.11 bits per heavy atom. The van der Waals surface area contributed by atoms with E-state index in [0.29, 0.717) is 9.86 Å². The summed E-state index contributed by atoms with van der Waals surface area (Å²) in [6.45, 7) is 1.07. The van der Waals surface area contributed by atoms with Crippen LogP contribution in [0.25, 0.3) is 0 Å². The van der Waals surface area contributed by atoms with Gasteiger partial charge in [0.25, 0.3) is 0 Å². The minimum absolute atomic E-state index is 0.0216. The third-order valence-corrected chi connectivity index (χ3v) is 5.73. The van der Waals surface area contributed by atoms with Crippen LogP contribution in [0.5, 0.6) is 0 Å². The molecule has 0 aliphatic carbocycles. The molecule has 0 aromatic heterocycles. The molecule has 0 bridgehead atoms. The number of halogens is 4. The van der Waals surface area contributed by atoms with E-state index in [-0.39, 0.29) is 17.9 Å². The van der Waals surface area contributed by atoms with Crippen molar-refractivity contribution in [2.75, 3.05) is 23.1 Å². The molecular weight excluding hydrogens is 498 g/mol. The Bertz CT molecular complexity index is 957. The summed E-state index contributed by atoms with van der Waals surface area (Å²) in [5, 5.41) is 2.38. The van der Waals surface area contributed by atoms with E-state index in [1.54, 1.807) is 0 Å². The molecule has 0 saturated carbocycles. The van der Waals surface area contributed by atoms with Crippen LogP contribution in [0.2, 0.25) is 0 Å². The van der Waals surface area contributed by atoms with Gasteiger partial charge in [-0.15, -0.1) is 0 Å². The van der Waals surface area contributed by atoms with Gasteiger partial charge in [-0.25, -0.2) is 13.2 Å². The number of nitrogens with one attached hydrogen (secondary N) is 2. The third kappa shape index (κ3) is 5.11. The number of anilines is 3. The topological polar surface area (TPSA) is 78.5 Å². The van der Waals surface area contributed by atoms with Crippen molar-refractivity contribution in [1.82, 2.24) is 4.31 Å². The summed E-state index contributed by atoms with van der Waals surface area (Å²) in [4.78, 5) is 10.6. The fourth-order valence-corrected chi connectivity index (χ4v) is 3.79. The van der Waals surface area contributed by atoms with Gasteiger partial charge in [0.2, 0.25) is 0 Å². The molecule has 0 radical (unpaired) electrons. The molecule has 2 aromatic carbocycles. The zero-order chi connectivity index (χ0) is 20.2. The summed E-state index contributed by atoms with van der Waals surface area (Å²) in [7, 11) is -4.22. The maximum Gasteiger partial charge on any atom is 0.302 e. The van der Waals surface area contributed by atoms with Gasteiger partial charge in [0.15, 0.2) is 11.6 Å². The molecule has 27 heavy (non-hydrogen) atoms. The van der Waals surface area contributed by atoms with Crippen LogP contribution in [0.4, 0.5) is 30.2 Å². The van der Waals surface area contributed by atoms with E-state index in [0.717, 1.165) is 16.4 Å². The molecule has 2 rings (SSSR count). The van der Waals surface area contributed by atoms with Gasteiger partial charge in [-0.3, -0.25) is 4.72 Å². The second-order valence-electron chi connectivity index (χ2n) is 5.26. The predicted octanol–water partition coefficient (Wildman–Crippen LogP) is 3.63. The van der Waals surface area contributed by atoms with Crippen LogP contribution >= 0.6 is 22.6 Å². The maximum absolute atomic E-state index is 14.3. The van der Waals surface area contributed by atoms with Crippen LogP contribution in [-0.2, 0) is 15.0 Å². The zero-order valence-corrected chi connectivity index (χ0v) is 16.9. The summed E-state index contributed by atoms with van der Waals surface area (Å²) in [6, 6.07) is 5.75. The van der Waals surface area contributed by atoms with Crippen molar-refractivity contribution in [1.29, 1.82) is 0 Å². The molecule has 6 nitrogen and oxygen atoms in total. The maximum atomic E-state index is 14.3. The van der Waals surface area contributed by atoms with Crippen LogP contribution in [0.15, 0.2) is 30.3 Å². The van der Waals surface area contributed by atoms with Gasteiger partial charge in [0, 0.05) is 10.1 Å². The quantitative estimate of drug-likeness (QED) is 0.418. The molecular formula is C16H15F3IN3O3S. The summed E-state index contributed by atoms with van der Waals surface area (Å²) in [5.74, 6) is -3.35. The lowest BCUT2D eigenvalue weighted by Gasteiger charge is -2.21. The molecule has 0 unspecified atom stereocenters. The number of rotatable bonds is 8. The molecule has 0 aliphatic heterocycles. The number of likely N-dealkylation sites (N-methyl/N-ethyl adjacent to an activating group) is 1. The highest BCUT2D eigenvalue weighted by molar-refractivity contribution is 14.1. The Morgan fingerprint density at radius 2 is 1.78 bits per heavy atom. The van der Waals surface area contributed by atoms with Gasteiger partial charge in [0.05, 0.1) is 17.9 Å². The van der Waals surface area contributed by atoms with Gasteiger partial charge in [-0.2, -0.15) is 12.7 Å². The molecule has 146 valence electrons. The Kier molecular flexibility index (Phi) is 7.06. The SMILES string of the molecule is CCN(CC=O)S(=O)(=O)Nc1ccc(F)c(F)c1Nc1ccc(I)cc1F.